The van der Waals surface area contributed by atoms with Crippen LogP contribution in [-0.2, 0) is 19.7 Å². The van der Waals surface area contributed by atoms with Crippen molar-refractivity contribution in [1.82, 2.24) is 14.6 Å². The van der Waals surface area contributed by atoms with Gasteiger partial charge in [-0.15, -0.1) is 0 Å². The first-order chi connectivity index (χ1) is 23.1. The molecule has 2 saturated heterocycles. The first-order valence-corrected chi connectivity index (χ1v) is 16.4. The highest BCUT2D eigenvalue weighted by Gasteiger charge is 2.64. The van der Waals surface area contributed by atoms with Gasteiger partial charge in [-0.2, -0.15) is 5.10 Å². The van der Waals surface area contributed by atoms with Crippen LogP contribution in [0.15, 0.2) is 97.3 Å². The van der Waals surface area contributed by atoms with E-state index < -0.39 is 35.7 Å². The van der Waals surface area contributed by atoms with E-state index in [4.69, 9.17) is 29.0 Å². The van der Waals surface area contributed by atoms with Gasteiger partial charge in [0.25, 0.3) is 0 Å². The Morgan fingerprint density at radius 2 is 1.58 bits per heavy atom. The molecule has 0 saturated carbocycles. The zero-order chi connectivity index (χ0) is 33.7. The molecule has 48 heavy (non-hydrogen) atoms. The number of rotatable bonds is 10. The van der Waals surface area contributed by atoms with Gasteiger partial charge in [0.05, 0.1) is 25.5 Å². The molecule has 4 heterocycles. The van der Waals surface area contributed by atoms with E-state index in [0.29, 0.717) is 22.6 Å². The van der Waals surface area contributed by atoms with Crippen LogP contribution in [0.1, 0.15) is 74.3 Å². The van der Waals surface area contributed by atoms with Crippen molar-refractivity contribution in [2.75, 3.05) is 19.0 Å². The maximum Gasteiger partial charge on any atom is 0.164 e. The van der Waals surface area contributed by atoms with E-state index in [-0.39, 0.29) is 12.2 Å². The largest absolute Gasteiger partial charge is 0.497 e. The molecule has 2 aromatic heterocycles. The van der Waals surface area contributed by atoms with Gasteiger partial charge in [-0.1, -0.05) is 79.7 Å². The molecule has 0 radical (unpaired) electrons. The highest BCUT2D eigenvalue weighted by atomic mass is 16.8. The van der Waals surface area contributed by atoms with Crippen molar-refractivity contribution < 1.29 is 29.2 Å². The van der Waals surface area contributed by atoms with E-state index in [1.807, 2.05) is 87.5 Å². The van der Waals surface area contributed by atoms with Crippen molar-refractivity contribution in [3.8, 4) is 5.75 Å². The minimum Gasteiger partial charge on any atom is -0.497 e. The zero-order valence-electron chi connectivity index (χ0n) is 27.8. The predicted octanol–water partition coefficient (Wildman–Crippen LogP) is 5.93. The number of aliphatic hydroxyl groups excluding tert-OH is 2. The number of fused-ring (bicyclic) bond motifs is 2. The van der Waals surface area contributed by atoms with E-state index in [1.54, 1.807) is 11.6 Å². The van der Waals surface area contributed by atoms with Gasteiger partial charge in [0, 0.05) is 5.56 Å². The normalized spacial score (nSPS) is 24.0. The molecule has 1 unspecified atom stereocenters. The summed E-state index contributed by atoms with van der Waals surface area (Å²) >= 11 is 0. The molecule has 0 amide bonds. The van der Waals surface area contributed by atoms with E-state index in [2.05, 4.69) is 36.5 Å². The van der Waals surface area contributed by atoms with Crippen LogP contribution < -0.4 is 10.1 Å². The summed E-state index contributed by atoms with van der Waals surface area (Å²) in [6.07, 6.45) is -0.0992. The van der Waals surface area contributed by atoms with E-state index in [1.165, 1.54) is 6.33 Å². The van der Waals surface area contributed by atoms with Gasteiger partial charge in [0.2, 0.25) is 0 Å². The number of hydrogen-bond donors (Lipinski definition) is 3. The summed E-state index contributed by atoms with van der Waals surface area (Å²) in [5, 5.41) is 30.1. The summed E-state index contributed by atoms with van der Waals surface area (Å²) in [5.74, 6) is 0.385. The number of nitrogens with zero attached hydrogens (tertiary/aromatic N) is 3. The maximum atomic E-state index is 11.3. The van der Waals surface area contributed by atoms with Crippen LogP contribution in [0.3, 0.4) is 0 Å². The fourth-order valence-corrected chi connectivity index (χ4v) is 7.58. The lowest BCUT2D eigenvalue weighted by molar-refractivity contribution is -0.204. The topological polar surface area (TPSA) is 120 Å². The summed E-state index contributed by atoms with van der Waals surface area (Å²) in [4.78, 5) is 4.80. The Hall–Kier alpha value is -4.32. The lowest BCUT2D eigenvalue weighted by atomic mass is 9.77. The number of ether oxygens (including phenoxy) is 4. The summed E-state index contributed by atoms with van der Waals surface area (Å²) in [5.41, 5.74) is 2.73. The van der Waals surface area contributed by atoms with E-state index >= 15 is 0 Å². The van der Waals surface area contributed by atoms with Crippen molar-refractivity contribution in [1.29, 1.82) is 0 Å². The molecular weight excluding hydrogens is 608 g/mol. The van der Waals surface area contributed by atoms with Crippen molar-refractivity contribution in [3.05, 3.63) is 125 Å². The van der Waals surface area contributed by atoms with Gasteiger partial charge < -0.3 is 34.5 Å². The fourth-order valence-electron chi connectivity index (χ4n) is 7.58. The van der Waals surface area contributed by atoms with Gasteiger partial charge in [-0.25, -0.2) is 9.50 Å². The maximum absolute atomic E-state index is 11.3. The van der Waals surface area contributed by atoms with E-state index in [0.717, 1.165) is 28.9 Å². The summed E-state index contributed by atoms with van der Waals surface area (Å²) in [6.45, 7) is 7.40. The Kier molecular flexibility index (Phi) is 8.25. The smallest absolute Gasteiger partial charge is 0.164 e. The monoisotopic (exact) mass is 650 g/mol. The molecule has 5 atom stereocenters. The first kappa shape index (κ1) is 32.2. The molecule has 2 aliphatic heterocycles. The Morgan fingerprint density at radius 1 is 0.958 bits per heavy atom. The second-order valence-electron chi connectivity index (χ2n) is 13.1. The number of nitrogens with one attached hydrogen (secondary N) is 1. The lowest BCUT2D eigenvalue weighted by Gasteiger charge is -2.37. The van der Waals surface area contributed by atoms with Crippen LogP contribution >= 0.6 is 0 Å². The van der Waals surface area contributed by atoms with Crippen LogP contribution in [0.5, 0.6) is 5.75 Å². The summed E-state index contributed by atoms with van der Waals surface area (Å²) in [7, 11) is 1.65. The van der Waals surface area contributed by atoms with Crippen LogP contribution in [0.2, 0.25) is 0 Å². The molecule has 7 rings (SSSR count). The third kappa shape index (κ3) is 5.15. The predicted molar refractivity (Wildman–Crippen MR) is 181 cm³/mol. The van der Waals surface area contributed by atoms with Gasteiger partial charge in [-0.3, -0.25) is 0 Å². The number of benzene rings is 3. The molecule has 2 aliphatic rings. The van der Waals surface area contributed by atoms with Crippen LogP contribution in [-0.4, -0.2) is 62.1 Å². The van der Waals surface area contributed by atoms with Gasteiger partial charge in [-0.05, 0) is 62.1 Å². The number of anilines is 1. The Labute approximate surface area is 280 Å². The fraction of sp³-hybridized carbons (Fsp3) is 0.368. The Bertz CT molecular complexity index is 1840. The summed E-state index contributed by atoms with van der Waals surface area (Å²) < 4.78 is 26.9. The number of methoxy groups -OCH3 is 1. The molecule has 10 heteroatoms. The molecule has 5 aromatic rings. The highest BCUT2D eigenvalue weighted by molar-refractivity contribution is 5.76. The van der Waals surface area contributed by atoms with Crippen LogP contribution in [0.4, 0.5) is 5.82 Å². The molecule has 3 N–H and O–H groups in total. The molecule has 10 nitrogen and oxygen atoms in total. The Morgan fingerprint density at radius 3 is 2.17 bits per heavy atom. The first-order valence-electron chi connectivity index (χ1n) is 16.4. The highest BCUT2D eigenvalue weighted by Crippen LogP contribution is 2.54. The third-order valence-electron chi connectivity index (χ3n) is 9.67. The van der Waals surface area contributed by atoms with Crippen molar-refractivity contribution in [2.45, 2.75) is 75.5 Å². The number of aromatic nitrogens is 3. The third-order valence-corrected chi connectivity index (χ3v) is 9.67. The Balaban J connectivity index is 1.46. The van der Waals surface area contributed by atoms with Crippen molar-refractivity contribution >= 4 is 11.3 Å². The molecule has 2 fully saturated rings. The number of hydrogen-bond acceptors (Lipinski definition) is 9. The zero-order valence-corrected chi connectivity index (χ0v) is 27.8. The van der Waals surface area contributed by atoms with E-state index in [9.17, 15) is 10.2 Å². The van der Waals surface area contributed by atoms with Crippen molar-refractivity contribution in [3.63, 3.8) is 0 Å². The number of aliphatic hydroxyl groups is 2. The van der Waals surface area contributed by atoms with Gasteiger partial charge in [0.1, 0.15) is 47.0 Å². The lowest BCUT2D eigenvalue weighted by Crippen LogP contribution is -2.40. The average Bonchev–Trinajstić information content (AvgIpc) is 3.71. The molecule has 3 aromatic carbocycles. The molecule has 0 aliphatic carbocycles. The second kappa shape index (κ2) is 12.3. The quantitative estimate of drug-likeness (QED) is 0.158. The molecule has 0 bridgehead atoms. The van der Waals surface area contributed by atoms with Crippen molar-refractivity contribution in [2.24, 2.45) is 0 Å². The average molecular weight is 651 g/mol. The second-order valence-corrected chi connectivity index (χ2v) is 13.1. The standard InChI is InChI=1S/C38H42N4O6/c1-6-31-34-37(4,48-36(2,3)47-34)33(46-31)29-21-28(30(44)22-43)32-35(39-23-40-42(29)32)41-38(24-13-9-7-10-14-24,25-15-11-8-12-16-25)26-17-19-27(45-5)20-18-26/h7-21,23,30-31,33-34,43-44H,6,22H2,1-5H3,(H,39,40,41)/t30?,31-,33+,34-,37+/m1/s1. The van der Waals surface area contributed by atoms with Crippen LogP contribution in [0, 0.1) is 0 Å². The van der Waals surface area contributed by atoms with Gasteiger partial charge in [0.15, 0.2) is 11.6 Å². The molecular formula is C38H42N4O6. The molecule has 250 valence electrons. The summed E-state index contributed by atoms with van der Waals surface area (Å²) in [6, 6.07) is 30.1. The SMILES string of the molecule is CC[C@H]1O[C@@H](c2cc(C(O)CO)c3c(NC(c4ccccc4)(c4ccccc4)c4ccc(OC)cc4)ncnn23)[C@]2(C)OC(C)(C)O[C@H]12. The van der Waals surface area contributed by atoms with Crippen LogP contribution in [0.25, 0.3) is 5.52 Å². The minimum absolute atomic E-state index is 0.211. The molecule has 0 spiro atoms. The van der Waals surface area contributed by atoms with Gasteiger partial charge >= 0.3 is 0 Å². The minimum atomic E-state index is -1.21.